The van der Waals surface area contributed by atoms with Crippen LogP contribution < -0.4 is 10.6 Å². The van der Waals surface area contributed by atoms with Crippen LogP contribution in [0.3, 0.4) is 0 Å². The van der Waals surface area contributed by atoms with E-state index in [1.807, 2.05) is 0 Å². The maximum absolute atomic E-state index is 4.93. The molecule has 0 saturated heterocycles. The first-order chi connectivity index (χ1) is 25.6. The topological polar surface area (TPSA) is 24.1 Å². The van der Waals surface area contributed by atoms with Crippen LogP contribution in [0.1, 0.15) is 34.3 Å². The van der Waals surface area contributed by atoms with Gasteiger partial charge in [-0.05, 0) is 55.9 Å². The summed E-state index contributed by atoms with van der Waals surface area (Å²) >= 11 is -1.62. The SMILES string of the molecule is [Cl][Cr]([Cl])[Cl].c1ccc(C(Nc2ccc3ccccc3c2-c2c(NC(c3ccccc3)c3ccccc3)ccc3ccccc23)c2ccccc2)cc1. The van der Waals surface area contributed by atoms with Crippen LogP contribution in [0.25, 0.3) is 32.7 Å². The van der Waals surface area contributed by atoms with Crippen molar-refractivity contribution in [2.75, 3.05) is 10.6 Å². The molecular formula is C46H36Cl3CrN2. The average Bonchev–Trinajstić information content (AvgIpc) is 3.20. The minimum absolute atomic E-state index is 0.0416. The fourth-order valence-corrected chi connectivity index (χ4v) is 6.93. The van der Waals surface area contributed by atoms with Gasteiger partial charge in [0.1, 0.15) is 0 Å². The van der Waals surface area contributed by atoms with Crippen LogP contribution in [-0.2, 0) is 11.4 Å². The van der Waals surface area contributed by atoms with Crippen LogP contribution in [0, 0.1) is 0 Å². The molecule has 0 spiro atoms. The Hall–Kier alpha value is -4.72. The number of nitrogens with one attached hydrogen (secondary N) is 2. The van der Waals surface area contributed by atoms with E-state index in [1.165, 1.54) is 54.9 Å². The molecule has 0 unspecified atom stereocenters. The van der Waals surface area contributed by atoms with Crippen molar-refractivity contribution in [3.63, 3.8) is 0 Å². The predicted octanol–water partition coefficient (Wildman–Crippen LogP) is 14.1. The molecule has 0 saturated carbocycles. The van der Waals surface area contributed by atoms with Gasteiger partial charge in [0.2, 0.25) is 0 Å². The van der Waals surface area contributed by atoms with Gasteiger partial charge >= 0.3 is 41.5 Å². The fraction of sp³-hybridized carbons (Fsp3) is 0.0435. The van der Waals surface area contributed by atoms with Crippen molar-refractivity contribution in [1.82, 2.24) is 0 Å². The van der Waals surface area contributed by atoms with Crippen LogP contribution in [0.15, 0.2) is 194 Å². The molecule has 0 aliphatic carbocycles. The van der Waals surface area contributed by atoms with Gasteiger partial charge in [-0.1, -0.05) is 182 Å². The summed E-state index contributed by atoms with van der Waals surface area (Å²) in [4.78, 5) is 0. The molecule has 0 atom stereocenters. The summed E-state index contributed by atoms with van der Waals surface area (Å²) < 4.78 is 0. The first kappa shape index (κ1) is 35.7. The van der Waals surface area contributed by atoms with E-state index in [0.717, 1.165) is 11.4 Å². The smallest absolute Gasteiger partial charge is 0.0767 e. The van der Waals surface area contributed by atoms with Crippen molar-refractivity contribution < 1.29 is 11.4 Å². The quantitative estimate of drug-likeness (QED) is 0.153. The molecule has 6 heteroatoms. The number of rotatable bonds is 9. The molecule has 0 amide bonds. The van der Waals surface area contributed by atoms with E-state index in [-0.39, 0.29) is 12.1 Å². The zero-order valence-corrected chi connectivity index (χ0v) is 31.7. The zero-order valence-electron chi connectivity index (χ0n) is 28.2. The number of hydrogen-bond acceptors (Lipinski definition) is 2. The minimum atomic E-state index is -1.62. The maximum atomic E-state index is 4.93. The third kappa shape index (κ3) is 8.32. The number of hydrogen-bond donors (Lipinski definition) is 2. The van der Waals surface area contributed by atoms with Gasteiger partial charge in [0.05, 0.1) is 12.1 Å². The molecule has 257 valence electrons. The Morgan fingerprint density at radius 2 is 0.596 bits per heavy atom. The minimum Gasteiger partial charge on any atom is -0.374 e. The van der Waals surface area contributed by atoms with E-state index in [1.54, 1.807) is 0 Å². The number of fused-ring (bicyclic) bond motifs is 2. The molecule has 8 aromatic carbocycles. The van der Waals surface area contributed by atoms with Crippen molar-refractivity contribution in [2.24, 2.45) is 0 Å². The van der Waals surface area contributed by atoms with Crippen LogP contribution in [0.5, 0.6) is 0 Å². The van der Waals surface area contributed by atoms with Crippen molar-refractivity contribution in [1.29, 1.82) is 0 Å². The van der Waals surface area contributed by atoms with E-state index in [9.17, 15) is 0 Å². The largest absolute Gasteiger partial charge is 0.374 e. The number of anilines is 2. The molecule has 2 N–H and O–H groups in total. The van der Waals surface area contributed by atoms with Gasteiger partial charge in [0.25, 0.3) is 0 Å². The molecule has 8 aromatic rings. The third-order valence-electron chi connectivity index (χ3n) is 9.24. The summed E-state index contributed by atoms with van der Waals surface area (Å²) in [5.74, 6) is 0. The van der Waals surface area contributed by atoms with Gasteiger partial charge in [-0.15, -0.1) is 0 Å². The van der Waals surface area contributed by atoms with E-state index < -0.39 is 11.4 Å². The summed E-state index contributed by atoms with van der Waals surface area (Å²) in [5.41, 5.74) is 9.40. The van der Waals surface area contributed by atoms with E-state index in [0.29, 0.717) is 0 Å². The number of halogens is 3. The van der Waals surface area contributed by atoms with Crippen LogP contribution >= 0.6 is 30.1 Å². The molecule has 0 aliphatic rings. The summed E-state index contributed by atoms with van der Waals surface area (Å²) in [5, 5.41) is 12.9. The monoisotopic (exact) mass is 773 g/mol. The summed E-state index contributed by atoms with van der Waals surface area (Å²) in [6, 6.07) is 69.3. The molecule has 0 radical (unpaired) electrons. The zero-order chi connectivity index (χ0) is 35.7. The Morgan fingerprint density at radius 3 is 0.904 bits per heavy atom. The van der Waals surface area contributed by atoms with Crippen molar-refractivity contribution >= 4 is 63.1 Å². The average molecular weight is 775 g/mol. The Labute approximate surface area is 322 Å². The van der Waals surface area contributed by atoms with Gasteiger partial charge in [-0.2, -0.15) is 0 Å². The standard InChI is InChI=1S/C46H36N2.3ClH.Cr/c1-5-19-35(20-6-1)45(36-21-7-2-8-22-36)47-41-31-29-33-17-13-15-27-39(33)43(41)44-40-28-16-14-18-34(40)30-32-42(44)48-46(37-23-9-3-10-24-37)38-25-11-4-12-26-38;;;;/h1-32,45-48H;3*1H;/q;;;;+3/p-3. The Morgan fingerprint density at radius 1 is 0.327 bits per heavy atom. The second kappa shape index (κ2) is 17.2. The van der Waals surface area contributed by atoms with Gasteiger partial charge in [0.15, 0.2) is 0 Å². The first-order valence-corrected chi connectivity index (χ1v) is 22.3. The Kier molecular flexibility index (Phi) is 11.8. The van der Waals surface area contributed by atoms with Crippen molar-refractivity contribution in [2.45, 2.75) is 12.1 Å². The molecule has 0 heterocycles. The molecule has 0 bridgehead atoms. The van der Waals surface area contributed by atoms with Crippen LogP contribution in [0.4, 0.5) is 11.4 Å². The van der Waals surface area contributed by atoms with Crippen LogP contribution in [0.2, 0.25) is 0 Å². The van der Waals surface area contributed by atoms with E-state index in [4.69, 9.17) is 30.1 Å². The summed E-state index contributed by atoms with van der Waals surface area (Å²) in [7, 11) is 14.8. The van der Waals surface area contributed by atoms with Crippen LogP contribution in [-0.4, -0.2) is 0 Å². The van der Waals surface area contributed by atoms with Gasteiger partial charge in [-0.3, -0.25) is 0 Å². The van der Waals surface area contributed by atoms with E-state index >= 15 is 0 Å². The van der Waals surface area contributed by atoms with Gasteiger partial charge < -0.3 is 10.6 Å². The maximum Gasteiger partial charge on any atom is 0.0767 e. The van der Waals surface area contributed by atoms with Crippen molar-refractivity contribution in [3.8, 4) is 11.1 Å². The normalized spacial score (nSPS) is 11.1. The predicted molar refractivity (Wildman–Crippen MR) is 221 cm³/mol. The molecule has 0 aliphatic heterocycles. The molecule has 0 aromatic heterocycles. The third-order valence-corrected chi connectivity index (χ3v) is 9.24. The van der Waals surface area contributed by atoms with Gasteiger partial charge in [0, 0.05) is 22.5 Å². The van der Waals surface area contributed by atoms with Gasteiger partial charge in [-0.25, -0.2) is 0 Å². The molecular weight excluding hydrogens is 739 g/mol. The number of benzene rings is 8. The Balaban J connectivity index is 0.00000100. The summed E-state index contributed by atoms with van der Waals surface area (Å²) in [6.45, 7) is 0. The molecule has 52 heavy (non-hydrogen) atoms. The molecule has 8 rings (SSSR count). The second-order valence-corrected chi connectivity index (χ2v) is 18.7. The molecule has 0 fully saturated rings. The molecule has 2 nitrogen and oxygen atoms in total. The van der Waals surface area contributed by atoms with Crippen molar-refractivity contribution in [3.05, 3.63) is 216 Å². The fourth-order valence-electron chi connectivity index (χ4n) is 6.93. The Bertz CT molecular complexity index is 2110. The first-order valence-electron chi connectivity index (χ1n) is 17.1. The van der Waals surface area contributed by atoms with E-state index in [2.05, 4.69) is 205 Å². The second-order valence-electron chi connectivity index (χ2n) is 12.4. The summed E-state index contributed by atoms with van der Waals surface area (Å²) in [6.07, 6.45) is 0.